The van der Waals surface area contributed by atoms with E-state index in [0.29, 0.717) is 23.6 Å². The molecule has 7 nitrogen and oxygen atoms in total. The van der Waals surface area contributed by atoms with Crippen LogP contribution in [-0.2, 0) is 0 Å². The molecule has 150 valence electrons. The summed E-state index contributed by atoms with van der Waals surface area (Å²) < 4.78 is 14.6. The second kappa shape index (κ2) is 8.52. The average Bonchev–Trinajstić information content (AvgIpc) is 2.94. The fraction of sp³-hybridized carbons (Fsp3) is 0.450. The molecule has 8 heteroatoms. The number of para-hydroxylation sites is 1. The number of nitrogens with two attached hydrogens (primary N) is 1. The molecule has 2 amide bonds. The SMILES string of the molecule is C=NC(N)=NC1=C(C)CN(c2c(C)cccc2F)C(=O)N1[C@@H]1CCCCNC1. The number of aliphatic imine (C=N–C) groups is 2. The number of amides is 2. The maximum absolute atomic E-state index is 14.6. The maximum Gasteiger partial charge on any atom is 0.330 e. The largest absolute Gasteiger partial charge is 0.368 e. The van der Waals surface area contributed by atoms with Gasteiger partial charge in [0, 0.05) is 6.54 Å². The lowest BCUT2D eigenvalue weighted by atomic mass is 10.1. The van der Waals surface area contributed by atoms with Gasteiger partial charge in [-0.05, 0) is 57.2 Å². The highest BCUT2D eigenvalue weighted by Crippen LogP contribution is 2.33. The summed E-state index contributed by atoms with van der Waals surface area (Å²) in [6.07, 6.45) is 2.87. The van der Waals surface area contributed by atoms with Gasteiger partial charge in [0.25, 0.3) is 0 Å². The summed E-state index contributed by atoms with van der Waals surface area (Å²) in [5, 5.41) is 3.37. The molecule has 2 aliphatic rings. The number of carbonyl (C=O) groups is 1. The number of hydrogen-bond acceptors (Lipinski definition) is 3. The van der Waals surface area contributed by atoms with E-state index in [0.717, 1.165) is 31.4 Å². The molecule has 1 atom stereocenters. The van der Waals surface area contributed by atoms with E-state index in [1.807, 2.05) is 6.92 Å². The topological polar surface area (TPSA) is 86.3 Å². The third kappa shape index (κ3) is 3.91. The van der Waals surface area contributed by atoms with Gasteiger partial charge in [-0.1, -0.05) is 18.6 Å². The lowest BCUT2D eigenvalue weighted by molar-refractivity contribution is 0.192. The number of halogens is 1. The highest BCUT2D eigenvalue weighted by molar-refractivity contribution is 5.96. The fourth-order valence-corrected chi connectivity index (χ4v) is 3.78. The van der Waals surface area contributed by atoms with E-state index < -0.39 is 5.82 Å². The Morgan fingerprint density at radius 2 is 2.14 bits per heavy atom. The molecule has 3 rings (SSSR count). The lowest BCUT2D eigenvalue weighted by Gasteiger charge is -2.41. The van der Waals surface area contributed by atoms with Crippen molar-refractivity contribution < 1.29 is 9.18 Å². The Kier molecular flexibility index (Phi) is 6.08. The number of aryl methyl sites for hydroxylation is 1. The van der Waals surface area contributed by atoms with Crippen LogP contribution in [-0.4, -0.2) is 49.3 Å². The number of guanidine groups is 1. The molecule has 1 fully saturated rings. The lowest BCUT2D eigenvalue weighted by Crippen LogP contribution is -2.54. The van der Waals surface area contributed by atoms with Crippen LogP contribution in [0.25, 0.3) is 0 Å². The van der Waals surface area contributed by atoms with Gasteiger partial charge in [0.1, 0.15) is 11.6 Å². The van der Waals surface area contributed by atoms with E-state index in [4.69, 9.17) is 5.73 Å². The van der Waals surface area contributed by atoms with E-state index in [9.17, 15) is 9.18 Å². The molecule has 28 heavy (non-hydrogen) atoms. The summed E-state index contributed by atoms with van der Waals surface area (Å²) in [5.41, 5.74) is 7.62. The van der Waals surface area contributed by atoms with Gasteiger partial charge in [0.15, 0.2) is 0 Å². The minimum absolute atomic E-state index is 0.00394. The van der Waals surface area contributed by atoms with Gasteiger partial charge >= 0.3 is 6.03 Å². The summed E-state index contributed by atoms with van der Waals surface area (Å²) in [5.74, 6) is 0.0670. The minimum Gasteiger partial charge on any atom is -0.368 e. The molecule has 0 spiro atoms. The number of urea groups is 1. The van der Waals surface area contributed by atoms with E-state index in [1.54, 1.807) is 24.0 Å². The van der Waals surface area contributed by atoms with Gasteiger partial charge in [0.2, 0.25) is 5.96 Å². The van der Waals surface area contributed by atoms with Crippen LogP contribution in [0.15, 0.2) is 39.6 Å². The van der Waals surface area contributed by atoms with Crippen LogP contribution >= 0.6 is 0 Å². The molecule has 1 aromatic rings. The first-order valence-corrected chi connectivity index (χ1v) is 9.51. The van der Waals surface area contributed by atoms with Crippen molar-refractivity contribution in [3.63, 3.8) is 0 Å². The molecule has 0 saturated carbocycles. The number of nitrogens with zero attached hydrogens (tertiary/aromatic N) is 4. The number of hydrogen-bond donors (Lipinski definition) is 2. The van der Waals surface area contributed by atoms with E-state index >= 15 is 0 Å². The van der Waals surface area contributed by atoms with E-state index in [1.165, 1.54) is 11.0 Å². The highest BCUT2D eigenvalue weighted by Gasteiger charge is 2.38. The molecular formula is C20H27FN6O. The molecule has 0 radical (unpaired) electrons. The van der Waals surface area contributed by atoms with Crippen molar-refractivity contribution in [3.05, 3.63) is 41.0 Å². The Morgan fingerprint density at radius 1 is 1.36 bits per heavy atom. The van der Waals surface area contributed by atoms with Crippen molar-refractivity contribution in [2.24, 2.45) is 15.7 Å². The zero-order valence-corrected chi connectivity index (χ0v) is 16.4. The van der Waals surface area contributed by atoms with Crippen molar-refractivity contribution in [1.29, 1.82) is 0 Å². The second-order valence-corrected chi connectivity index (χ2v) is 7.23. The van der Waals surface area contributed by atoms with Crippen LogP contribution in [0.3, 0.4) is 0 Å². The summed E-state index contributed by atoms with van der Waals surface area (Å²) in [6, 6.07) is 4.42. The number of nitrogens with one attached hydrogen (secondary N) is 1. The first kappa shape index (κ1) is 20.0. The van der Waals surface area contributed by atoms with Crippen LogP contribution in [0, 0.1) is 12.7 Å². The van der Waals surface area contributed by atoms with Crippen molar-refractivity contribution in [1.82, 2.24) is 10.2 Å². The van der Waals surface area contributed by atoms with Gasteiger partial charge in [-0.25, -0.2) is 14.2 Å². The number of rotatable bonds is 3. The quantitative estimate of drug-likeness (QED) is 0.619. The molecule has 0 bridgehead atoms. The third-order valence-electron chi connectivity index (χ3n) is 5.17. The van der Waals surface area contributed by atoms with Crippen molar-refractivity contribution in [3.8, 4) is 0 Å². The number of benzene rings is 1. The standard InChI is InChI=1S/C20H27FN6O/c1-13-7-6-9-16(21)17(13)26-12-14(2)18(25-19(22)23-3)27(20(26)28)15-8-4-5-10-24-11-15/h6-7,9,15,24H,3-5,8,10-12H2,1-2H3,(H2,22,25)/t15-/m1/s1. The minimum atomic E-state index is -0.417. The summed E-state index contributed by atoms with van der Waals surface area (Å²) in [4.78, 5) is 24.7. The molecule has 1 saturated heterocycles. The van der Waals surface area contributed by atoms with Crippen LogP contribution in [0.4, 0.5) is 14.9 Å². The van der Waals surface area contributed by atoms with Gasteiger partial charge < -0.3 is 11.1 Å². The number of carbonyl (C=O) groups excluding carboxylic acids is 1. The van der Waals surface area contributed by atoms with Gasteiger partial charge in [-0.15, -0.1) is 0 Å². The van der Waals surface area contributed by atoms with Crippen LogP contribution in [0.1, 0.15) is 31.7 Å². The fourth-order valence-electron chi connectivity index (χ4n) is 3.78. The smallest absolute Gasteiger partial charge is 0.330 e. The first-order valence-electron chi connectivity index (χ1n) is 9.51. The average molecular weight is 386 g/mol. The zero-order chi connectivity index (χ0) is 20.3. The highest BCUT2D eigenvalue weighted by atomic mass is 19.1. The van der Waals surface area contributed by atoms with E-state index in [2.05, 4.69) is 22.0 Å². The zero-order valence-electron chi connectivity index (χ0n) is 16.4. The molecule has 2 aliphatic heterocycles. The molecule has 3 N–H and O–H groups in total. The summed E-state index contributed by atoms with van der Waals surface area (Å²) >= 11 is 0. The maximum atomic E-state index is 14.6. The summed E-state index contributed by atoms with van der Waals surface area (Å²) in [7, 11) is 0. The predicted octanol–water partition coefficient (Wildman–Crippen LogP) is 2.77. The Labute approximate surface area is 164 Å². The normalized spacial score (nSPS) is 21.8. The molecule has 0 unspecified atom stereocenters. The number of anilines is 1. The van der Waals surface area contributed by atoms with Crippen molar-refractivity contribution >= 4 is 24.4 Å². The van der Waals surface area contributed by atoms with Crippen molar-refractivity contribution in [2.75, 3.05) is 24.5 Å². The van der Waals surface area contributed by atoms with Crippen molar-refractivity contribution in [2.45, 2.75) is 39.2 Å². The molecule has 2 heterocycles. The summed E-state index contributed by atoms with van der Waals surface area (Å²) in [6.45, 7) is 8.87. The first-order chi connectivity index (χ1) is 13.4. The molecular weight excluding hydrogens is 359 g/mol. The van der Waals surface area contributed by atoms with Crippen LogP contribution < -0.4 is 16.0 Å². The molecule has 1 aromatic carbocycles. The monoisotopic (exact) mass is 386 g/mol. The van der Waals surface area contributed by atoms with Crippen LogP contribution in [0.5, 0.6) is 0 Å². The second-order valence-electron chi connectivity index (χ2n) is 7.23. The third-order valence-corrected chi connectivity index (χ3v) is 5.17. The molecule has 0 aliphatic carbocycles. The Morgan fingerprint density at radius 3 is 2.86 bits per heavy atom. The molecule has 0 aromatic heterocycles. The Bertz CT molecular complexity index is 806. The van der Waals surface area contributed by atoms with E-state index in [-0.39, 0.29) is 24.6 Å². The van der Waals surface area contributed by atoms with Gasteiger partial charge in [0.05, 0.1) is 18.3 Å². The van der Waals surface area contributed by atoms with Crippen LogP contribution in [0.2, 0.25) is 0 Å². The Hall–Kier alpha value is -2.74. The predicted molar refractivity (Wildman–Crippen MR) is 110 cm³/mol. The van der Waals surface area contributed by atoms with Gasteiger partial charge in [-0.2, -0.15) is 4.99 Å². The van der Waals surface area contributed by atoms with Gasteiger partial charge in [-0.3, -0.25) is 9.80 Å². The Balaban J connectivity index is 2.09.